The van der Waals surface area contributed by atoms with Crippen molar-refractivity contribution in [3.05, 3.63) is 0 Å². The van der Waals surface area contributed by atoms with Gasteiger partial charge in [-0.2, -0.15) is 0 Å². The van der Waals surface area contributed by atoms with Crippen LogP contribution < -0.4 is 0 Å². The summed E-state index contributed by atoms with van der Waals surface area (Å²) in [5, 5.41) is 308. The van der Waals surface area contributed by atoms with Crippen LogP contribution in [0.4, 0.5) is 0 Å². The van der Waals surface area contributed by atoms with E-state index in [0.29, 0.717) is 19.3 Å². The number of hydrogen-bond donors (Lipinski definition) is 29. The number of rotatable bonds is 43. The summed E-state index contributed by atoms with van der Waals surface area (Å²) in [6.07, 6.45) is -54.4. The molecule has 0 aromatic carbocycles. The molecule has 0 amide bonds. The van der Waals surface area contributed by atoms with Crippen LogP contribution in [0.5, 0.6) is 0 Å². The SMILES string of the molecule is OCC1OC(COCC2C(CO)OC(COCC3C(CO)OC(COCC4OC(COCC5C(CO)OC(COCC6C(CO)OC(COCCCCCC7OC(COCC8C(CO)OC(COCC9C(CO)OC(O)C(O)C9O)C(O)C8O)C(O)C(O)C7O)C(O)C6O)C(O)C5O)C(O)C(O)C4O)C(O)C3O)C(O)C2O)C(O)C(O)C1O. The van der Waals surface area contributed by atoms with E-state index in [0.717, 1.165) is 0 Å². The van der Waals surface area contributed by atoms with Gasteiger partial charge in [-0.1, -0.05) is 12.8 Å². The van der Waals surface area contributed by atoms with E-state index in [1.165, 1.54) is 0 Å². The molecule has 0 aliphatic carbocycles. The molecule has 9 aliphatic rings. The van der Waals surface area contributed by atoms with Crippen molar-refractivity contribution in [2.45, 2.75) is 264 Å². The molecule has 9 rings (SSSR count). The van der Waals surface area contributed by atoms with Crippen LogP contribution in [0.3, 0.4) is 0 Å². The molecule has 0 aromatic rings. The van der Waals surface area contributed by atoms with Crippen molar-refractivity contribution in [3.8, 4) is 0 Å². The van der Waals surface area contributed by atoms with E-state index in [-0.39, 0.29) is 65.9 Å². The third-order valence-corrected chi connectivity index (χ3v) is 24.2. The molecular weight excluding hydrogens is 1600 g/mol. The summed E-state index contributed by atoms with van der Waals surface area (Å²) in [4.78, 5) is 0. The van der Waals surface area contributed by atoms with Crippen molar-refractivity contribution in [2.24, 2.45) is 35.5 Å². The Morgan fingerprint density at radius 3 is 0.602 bits per heavy atom. The van der Waals surface area contributed by atoms with Gasteiger partial charge in [0, 0.05) is 42.1 Å². The fourth-order valence-corrected chi connectivity index (χ4v) is 16.7. The minimum absolute atomic E-state index is 0.134. The van der Waals surface area contributed by atoms with Gasteiger partial charge in [-0.05, 0) is 12.8 Å². The van der Waals surface area contributed by atoms with Crippen molar-refractivity contribution in [3.63, 3.8) is 0 Å². The number of aliphatic hydroxyl groups is 29. The van der Waals surface area contributed by atoms with Crippen molar-refractivity contribution < 1.29 is 229 Å². The second-order valence-corrected chi connectivity index (χ2v) is 32.0. The number of hydrogen-bond acceptors (Lipinski definition) is 46. The fourth-order valence-electron chi connectivity index (χ4n) is 16.7. The molecular formula is C72H128O46. The first-order valence-electron chi connectivity index (χ1n) is 40.1. The molecule has 118 heavy (non-hydrogen) atoms. The smallest absolute Gasteiger partial charge is 0.183 e. The summed E-state index contributed by atoms with van der Waals surface area (Å²) < 4.78 is 97.5. The van der Waals surface area contributed by atoms with Gasteiger partial charge in [-0.25, -0.2) is 0 Å². The minimum Gasteiger partial charge on any atom is -0.394 e. The Morgan fingerprint density at radius 1 is 0.153 bits per heavy atom. The Kier molecular flexibility index (Phi) is 40.5. The van der Waals surface area contributed by atoms with Crippen LogP contribution >= 0.6 is 0 Å². The standard InChI is InChI=1S/C72H128O46/c73-6-35-28(51(80)59(88)42(111-35)19-102-5-3-1-2-4-34-57(86)68(97)64(93)47(110-34)23-105-15-30-36(7-74)114-45(62(91)52(30)81)22-108-18-33-40(11-78)118-72(101)71(100)56(33)85)13-103-20-43-61(90)54(83)32(38(9-76)113-43)17-107-25-49-66(95)70(99)67(96)50(117-49)27-109-26-46-63(92)55(84)29(39(10-77)115-46)14-104-21-44-60(89)53(82)31(37(8-75)112-44)16-106-24-48-65(94)69(98)58(87)41(12-79)116-48/h28-101H,1-27H2. The average Bonchev–Trinajstić information content (AvgIpc) is 0.824. The molecule has 0 spiro atoms. The van der Waals surface area contributed by atoms with Gasteiger partial charge in [0.25, 0.3) is 0 Å². The molecule has 46 nitrogen and oxygen atoms in total. The molecule has 0 bridgehead atoms. The number of unbranched alkanes of at least 4 members (excludes halogenated alkanes) is 2. The Hall–Kier alpha value is -1.84. The van der Waals surface area contributed by atoms with Crippen LogP contribution in [0.25, 0.3) is 0 Å². The summed E-state index contributed by atoms with van der Waals surface area (Å²) in [6, 6.07) is 0. The van der Waals surface area contributed by atoms with Crippen LogP contribution in [0.15, 0.2) is 0 Å². The van der Waals surface area contributed by atoms with Gasteiger partial charge < -0.3 is 229 Å². The van der Waals surface area contributed by atoms with Crippen molar-refractivity contribution in [1.82, 2.24) is 0 Å². The molecule has 29 N–H and O–H groups in total. The number of aliphatic hydroxyl groups excluding tert-OH is 29. The molecule has 9 heterocycles. The lowest BCUT2D eigenvalue weighted by Gasteiger charge is -2.44. The third-order valence-electron chi connectivity index (χ3n) is 24.2. The van der Waals surface area contributed by atoms with Gasteiger partial charge >= 0.3 is 0 Å². The zero-order valence-corrected chi connectivity index (χ0v) is 65.0. The molecule has 45 unspecified atom stereocenters. The quantitative estimate of drug-likeness (QED) is 0.0252. The predicted molar refractivity (Wildman–Crippen MR) is 382 cm³/mol. The average molecular weight is 1730 g/mol. The Morgan fingerprint density at radius 2 is 0.339 bits per heavy atom. The second kappa shape index (κ2) is 47.8. The maximum absolute atomic E-state index is 11.3. The molecule has 0 radical (unpaired) electrons. The lowest BCUT2D eigenvalue weighted by Crippen LogP contribution is -2.61. The normalized spacial score (nSPS) is 47.3. The minimum atomic E-state index is -1.83. The van der Waals surface area contributed by atoms with E-state index in [9.17, 15) is 148 Å². The van der Waals surface area contributed by atoms with Crippen LogP contribution in [-0.4, -0.2) is 538 Å². The zero-order valence-electron chi connectivity index (χ0n) is 65.0. The van der Waals surface area contributed by atoms with Crippen LogP contribution in [0, 0.1) is 35.5 Å². The Bertz CT molecular complexity index is 2780. The summed E-state index contributed by atoms with van der Waals surface area (Å²) in [6.45, 7) is -10.4. The summed E-state index contributed by atoms with van der Waals surface area (Å²) in [7, 11) is 0. The van der Waals surface area contributed by atoms with Crippen LogP contribution in [-0.2, 0) is 80.5 Å². The summed E-state index contributed by atoms with van der Waals surface area (Å²) >= 11 is 0. The zero-order chi connectivity index (χ0) is 86.1. The highest BCUT2D eigenvalue weighted by Crippen LogP contribution is 2.37. The van der Waals surface area contributed by atoms with Crippen molar-refractivity contribution in [1.29, 1.82) is 0 Å². The molecule has 9 fully saturated rings. The van der Waals surface area contributed by atoms with Crippen molar-refractivity contribution in [2.75, 3.05) is 152 Å². The highest BCUT2D eigenvalue weighted by atomic mass is 16.7. The highest BCUT2D eigenvalue weighted by molar-refractivity contribution is 5.01. The first-order chi connectivity index (χ1) is 56.4. The lowest BCUT2D eigenvalue weighted by molar-refractivity contribution is -0.282. The maximum atomic E-state index is 11.3. The number of ether oxygens (including phenoxy) is 17. The van der Waals surface area contributed by atoms with Gasteiger partial charge in [0.05, 0.1) is 225 Å². The fraction of sp³-hybridized carbons (Fsp3) is 1.00. The van der Waals surface area contributed by atoms with Gasteiger partial charge in [0.15, 0.2) is 6.29 Å². The lowest BCUT2D eigenvalue weighted by atomic mass is 9.87. The van der Waals surface area contributed by atoms with Gasteiger partial charge in [0.1, 0.15) is 153 Å². The van der Waals surface area contributed by atoms with Gasteiger partial charge in [0.2, 0.25) is 0 Å². The Balaban J connectivity index is 0.631. The van der Waals surface area contributed by atoms with E-state index >= 15 is 0 Å². The maximum Gasteiger partial charge on any atom is 0.183 e. The summed E-state index contributed by atoms with van der Waals surface area (Å²) in [5.41, 5.74) is 0. The van der Waals surface area contributed by atoms with E-state index in [4.69, 9.17) is 80.5 Å². The second-order valence-electron chi connectivity index (χ2n) is 32.0. The van der Waals surface area contributed by atoms with E-state index < -0.39 is 366 Å². The highest BCUT2D eigenvalue weighted by Gasteiger charge is 2.54. The molecule has 9 saturated heterocycles. The third kappa shape index (κ3) is 24.5. The molecule has 9 aliphatic heterocycles. The monoisotopic (exact) mass is 1730 g/mol. The first kappa shape index (κ1) is 99.9. The molecule has 46 heteroatoms. The van der Waals surface area contributed by atoms with Crippen LogP contribution in [0.2, 0.25) is 0 Å². The Labute approximate surface area is 678 Å². The van der Waals surface area contributed by atoms with Crippen molar-refractivity contribution >= 4 is 0 Å². The van der Waals surface area contributed by atoms with E-state index in [2.05, 4.69) is 0 Å². The summed E-state index contributed by atoms with van der Waals surface area (Å²) in [5.74, 6) is -6.30. The van der Waals surface area contributed by atoms with Crippen LogP contribution in [0.1, 0.15) is 25.7 Å². The molecule has 45 atom stereocenters. The van der Waals surface area contributed by atoms with E-state index in [1.54, 1.807) is 0 Å². The topological polar surface area (TPSA) is 744 Å². The molecule has 0 aromatic heterocycles. The van der Waals surface area contributed by atoms with Gasteiger partial charge in [-0.15, -0.1) is 0 Å². The first-order valence-corrected chi connectivity index (χ1v) is 40.1. The predicted octanol–water partition coefficient (Wildman–Crippen LogP) is -17.2. The molecule has 0 saturated carbocycles. The van der Waals surface area contributed by atoms with Gasteiger partial charge in [-0.3, -0.25) is 0 Å². The van der Waals surface area contributed by atoms with E-state index in [1.807, 2.05) is 0 Å². The largest absolute Gasteiger partial charge is 0.394 e. The molecule has 692 valence electrons.